The van der Waals surface area contributed by atoms with E-state index in [4.69, 9.17) is 4.74 Å². The fourth-order valence-electron chi connectivity index (χ4n) is 2.21. The number of rotatable bonds is 5. The summed E-state index contributed by atoms with van der Waals surface area (Å²) in [6.45, 7) is 6.45. The number of ether oxygens (including phenoxy) is 1. The van der Waals surface area contributed by atoms with Crippen molar-refractivity contribution in [3.8, 4) is 5.75 Å². The molecule has 1 aliphatic heterocycles. The van der Waals surface area contributed by atoms with Gasteiger partial charge in [0.1, 0.15) is 11.9 Å². The minimum atomic E-state index is -0.212. The van der Waals surface area contributed by atoms with E-state index in [1.54, 1.807) is 0 Å². The third kappa shape index (κ3) is 3.96. The second-order valence-electron chi connectivity index (χ2n) is 5.49. The second-order valence-corrected chi connectivity index (χ2v) is 6.40. The maximum atomic E-state index is 11.8. The second kappa shape index (κ2) is 6.59. The van der Waals surface area contributed by atoms with Crippen LogP contribution in [0.25, 0.3) is 0 Å². The van der Waals surface area contributed by atoms with Gasteiger partial charge in [-0.2, -0.15) is 0 Å². The highest BCUT2D eigenvalue weighted by Gasteiger charge is 2.24. The fourth-order valence-corrected chi connectivity index (χ4v) is 2.62. The van der Waals surface area contributed by atoms with Gasteiger partial charge in [-0.25, -0.2) is 0 Å². The average Bonchev–Trinajstić information content (AvgIpc) is 2.76. The van der Waals surface area contributed by atoms with Crippen molar-refractivity contribution in [2.75, 3.05) is 6.54 Å². The van der Waals surface area contributed by atoms with Crippen molar-refractivity contribution in [1.29, 1.82) is 0 Å². The van der Waals surface area contributed by atoms with Gasteiger partial charge < -0.3 is 15.4 Å². The lowest BCUT2D eigenvalue weighted by atomic mass is 10.1. The molecule has 5 heteroatoms. The molecule has 0 radical (unpaired) electrons. The topological polar surface area (TPSA) is 50.4 Å². The summed E-state index contributed by atoms with van der Waals surface area (Å²) in [6, 6.07) is 6.00. The van der Waals surface area contributed by atoms with Gasteiger partial charge in [0, 0.05) is 23.5 Å². The SMILES string of the molecule is CC(C)NC(=O)C(C)NCC1Cc2cc(Br)ccc2O1. The number of hydrogen-bond donors (Lipinski definition) is 2. The summed E-state index contributed by atoms with van der Waals surface area (Å²) in [5.41, 5.74) is 1.21. The summed E-state index contributed by atoms with van der Waals surface area (Å²) in [4.78, 5) is 11.8. The zero-order valence-electron chi connectivity index (χ0n) is 12.1. The molecule has 0 spiro atoms. The Kier molecular flexibility index (Phi) is 5.05. The molecule has 1 aromatic rings. The van der Waals surface area contributed by atoms with Gasteiger partial charge >= 0.3 is 0 Å². The molecule has 1 amide bonds. The molecule has 110 valence electrons. The molecule has 0 saturated heterocycles. The van der Waals surface area contributed by atoms with E-state index in [0.29, 0.717) is 6.54 Å². The van der Waals surface area contributed by atoms with Crippen LogP contribution < -0.4 is 15.4 Å². The minimum Gasteiger partial charge on any atom is -0.488 e. The Morgan fingerprint density at radius 3 is 2.90 bits per heavy atom. The molecule has 4 nitrogen and oxygen atoms in total. The Morgan fingerprint density at radius 2 is 2.20 bits per heavy atom. The highest BCUT2D eigenvalue weighted by Crippen LogP contribution is 2.30. The predicted octanol–water partition coefficient (Wildman–Crippen LogP) is 2.26. The number of benzene rings is 1. The average molecular weight is 341 g/mol. The third-order valence-electron chi connectivity index (χ3n) is 3.24. The third-order valence-corrected chi connectivity index (χ3v) is 3.73. The molecule has 20 heavy (non-hydrogen) atoms. The smallest absolute Gasteiger partial charge is 0.237 e. The molecule has 2 N–H and O–H groups in total. The lowest BCUT2D eigenvalue weighted by Crippen LogP contribution is -2.47. The molecule has 0 fully saturated rings. The molecule has 0 bridgehead atoms. The largest absolute Gasteiger partial charge is 0.488 e. The van der Waals surface area contributed by atoms with Crippen molar-refractivity contribution in [2.45, 2.75) is 45.4 Å². The summed E-state index contributed by atoms with van der Waals surface area (Å²) < 4.78 is 6.93. The van der Waals surface area contributed by atoms with Crippen LogP contribution in [0.15, 0.2) is 22.7 Å². The van der Waals surface area contributed by atoms with E-state index in [1.807, 2.05) is 32.9 Å². The van der Waals surface area contributed by atoms with Gasteiger partial charge in [-0.3, -0.25) is 4.79 Å². The first-order valence-corrected chi connectivity index (χ1v) is 7.74. The van der Waals surface area contributed by atoms with E-state index < -0.39 is 0 Å². The van der Waals surface area contributed by atoms with Gasteiger partial charge in [0.15, 0.2) is 0 Å². The molecule has 0 saturated carbocycles. The van der Waals surface area contributed by atoms with Crippen molar-refractivity contribution >= 4 is 21.8 Å². The molecule has 1 heterocycles. The molecule has 2 rings (SSSR count). The summed E-state index contributed by atoms with van der Waals surface area (Å²) in [5.74, 6) is 0.970. The molecule has 2 unspecified atom stereocenters. The van der Waals surface area contributed by atoms with Crippen LogP contribution in [0.4, 0.5) is 0 Å². The number of halogens is 1. The highest BCUT2D eigenvalue weighted by molar-refractivity contribution is 9.10. The van der Waals surface area contributed by atoms with Crippen LogP contribution >= 0.6 is 15.9 Å². The number of amides is 1. The number of fused-ring (bicyclic) bond motifs is 1. The van der Waals surface area contributed by atoms with Crippen molar-refractivity contribution in [3.63, 3.8) is 0 Å². The van der Waals surface area contributed by atoms with E-state index in [-0.39, 0.29) is 24.1 Å². The molecular formula is C15H21BrN2O2. The highest BCUT2D eigenvalue weighted by atomic mass is 79.9. The molecule has 1 aromatic carbocycles. The van der Waals surface area contributed by atoms with Crippen LogP contribution in [-0.4, -0.2) is 30.6 Å². The lowest BCUT2D eigenvalue weighted by molar-refractivity contribution is -0.123. The summed E-state index contributed by atoms with van der Waals surface area (Å²) in [7, 11) is 0. The Labute approximate surface area is 128 Å². The van der Waals surface area contributed by atoms with Gasteiger partial charge in [0.05, 0.1) is 6.04 Å². The van der Waals surface area contributed by atoms with E-state index in [1.165, 1.54) is 5.56 Å². The zero-order valence-corrected chi connectivity index (χ0v) is 13.7. The van der Waals surface area contributed by atoms with E-state index in [0.717, 1.165) is 16.6 Å². The van der Waals surface area contributed by atoms with Crippen LogP contribution in [0.5, 0.6) is 5.75 Å². The van der Waals surface area contributed by atoms with Crippen LogP contribution in [0.1, 0.15) is 26.3 Å². The number of carbonyl (C=O) groups is 1. The van der Waals surface area contributed by atoms with E-state index >= 15 is 0 Å². The Morgan fingerprint density at radius 1 is 1.45 bits per heavy atom. The maximum Gasteiger partial charge on any atom is 0.237 e. The lowest BCUT2D eigenvalue weighted by Gasteiger charge is -2.18. The van der Waals surface area contributed by atoms with Crippen molar-refractivity contribution in [1.82, 2.24) is 10.6 Å². The number of hydrogen-bond acceptors (Lipinski definition) is 3. The monoisotopic (exact) mass is 340 g/mol. The Bertz CT molecular complexity index is 491. The summed E-state index contributed by atoms with van der Waals surface area (Å²) in [6.07, 6.45) is 0.967. The zero-order chi connectivity index (χ0) is 14.7. The Hall–Kier alpha value is -1.07. The first-order valence-electron chi connectivity index (χ1n) is 6.94. The van der Waals surface area contributed by atoms with Crippen LogP contribution in [0.2, 0.25) is 0 Å². The first kappa shape index (κ1) is 15.3. The summed E-state index contributed by atoms with van der Waals surface area (Å²) in [5, 5.41) is 6.12. The standard InChI is InChI=1S/C15H21BrN2O2/c1-9(2)18-15(19)10(3)17-8-13-7-11-6-12(16)4-5-14(11)20-13/h4-6,9-10,13,17H,7-8H2,1-3H3,(H,18,19). The normalized spacial score (nSPS) is 18.6. The van der Waals surface area contributed by atoms with Crippen LogP contribution in [-0.2, 0) is 11.2 Å². The van der Waals surface area contributed by atoms with Crippen molar-refractivity contribution < 1.29 is 9.53 Å². The minimum absolute atomic E-state index is 0.0262. The van der Waals surface area contributed by atoms with Gasteiger partial charge in [0.25, 0.3) is 0 Å². The number of nitrogens with one attached hydrogen (secondary N) is 2. The molecule has 0 aromatic heterocycles. The summed E-state index contributed by atoms with van der Waals surface area (Å²) >= 11 is 3.46. The van der Waals surface area contributed by atoms with Gasteiger partial charge in [-0.15, -0.1) is 0 Å². The first-order chi connectivity index (χ1) is 9.45. The molecule has 2 atom stereocenters. The molecular weight excluding hydrogens is 320 g/mol. The Balaban J connectivity index is 1.81. The molecule has 1 aliphatic rings. The van der Waals surface area contributed by atoms with Crippen LogP contribution in [0.3, 0.4) is 0 Å². The van der Waals surface area contributed by atoms with Crippen molar-refractivity contribution in [3.05, 3.63) is 28.2 Å². The fraction of sp³-hybridized carbons (Fsp3) is 0.533. The number of carbonyl (C=O) groups excluding carboxylic acids is 1. The van der Waals surface area contributed by atoms with Crippen LogP contribution in [0, 0.1) is 0 Å². The molecule has 0 aliphatic carbocycles. The van der Waals surface area contributed by atoms with Crippen molar-refractivity contribution in [2.24, 2.45) is 0 Å². The van der Waals surface area contributed by atoms with Gasteiger partial charge in [-0.1, -0.05) is 15.9 Å². The maximum absolute atomic E-state index is 11.8. The quantitative estimate of drug-likeness (QED) is 0.864. The predicted molar refractivity (Wildman–Crippen MR) is 83.0 cm³/mol. The van der Waals surface area contributed by atoms with E-state index in [9.17, 15) is 4.79 Å². The van der Waals surface area contributed by atoms with Gasteiger partial charge in [0.2, 0.25) is 5.91 Å². The van der Waals surface area contributed by atoms with Gasteiger partial charge in [-0.05, 0) is 44.5 Å². The van der Waals surface area contributed by atoms with E-state index in [2.05, 4.69) is 32.6 Å².